The van der Waals surface area contributed by atoms with Gasteiger partial charge in [-0.15, -0.1) is 11.3 Å². The van der Waals surface area contributed by atoms with Crippen LogP contribution in [0.15, 0.2) is 9.95 Å². The Kier molecular flexibility index (Phi) is 5.21. The van der Waals surface area contributed by atoms with Crippen molar-refractivity contribution in [3.63, 3.8) is 0 Å². The van der Waals surface area contributed by atoms with Crippen LogP contribution in [-0.4, -0.2) is 33.8 Å². The molecule has 1 saturated heterocycles. The van der Waals surface area contributed by atoms with Gasteiger partial charge in [0.2, 0.25) is 0 Å². The number of ketones is 1. The van der Waals surface area contributed by atoms with Gasteiger partial charge in [-0.2, -0.15) is 0 Å². The summed E-state index contributed by atoms with van der Waals surface area (Å²) in [5, 5.41) is 1.46. The lowest BCUT2D eigenvalue weighted by atomic mass is 9.89. The molecule has 2 aromatic rings. The second-order valence-electron chi connectivity index (χ2n) is 7.47. The normalized spacial score (nSPS) is 22.7. The Hall–Kier alpha value is -1.18. The molecule has 0 spiro atoms. The number of carbonyl (C=O) groups is 1. The summed E-state index contributed by atoms with van der Waals surface area (Å²) >= 11 is 3.03. The summed E-state index contributed by atoms with van der Waals surface area (Å²) in [6, 6.07) is 0. The first-order valence-electron chi connectivity index (χ1n) is 9.32. The Morgan fingerprint density at radius 3 is 3.00 bits per heavy atom. The topological polar surface area (TPSA) is 61.2 Å². The van der Waals surface area contributed by atoms with E-state index in [4.69, 9.17) is 9.72 Å². The highest BCUT2D eigenvalue weighted by atomic mass is 32.2. The van der Waals surface area contributed by atoms with E-state index in [0.717, 1.165) is 48.9 Å². The molecule has 0 amide bonds. The van der Waals surface area contributed by atoms with Gasteiger partial charge in [-0.3, -0.25) is 14.2 Å². The lowest BCUT2D eigenvalue weighted by Gasteiger charge is -2.18. The maximum absolute atomic E-state index is 13.4. The van der Waals surface area contributed by atoms with E-state index in [9.17, 15) is 9.59 Å². The van der Waals surface area contributed by atoms with Gasteiger partial charge in [0.25, 0.3) is 5.56 Å². The largest absolute Gasteiger partial charge is 0.376 e. The maximum Gasteiger partial charge on any atom is 0.263 e. The van der Waals surface area contributed by atoms with Gasteiger partial charge in [0.05, 0.1) is 23.8 Å². The average molecular weight is 393 g/mol. The Bertz CT molecular complexity index is 896. The second kappa shape index (κ2) is 7.44. The fourth-order valence-electron chi connectivity index (χ4n) is 3.83. The molecular weight excluding hydrogens is 368 g/mol. The molecular formula is C19H24N2O3S2. The highest BCUT2D eigenvalue weighted by molar-refractivity contribution is 7.99. The molecule has 1 aliphatic carbocycles. The van der Waals surface area contributed by atoms with Crippen LogP contribution in [0.3, 0.4) is 0 Å². The van der Waals surface area contributed by atoms with Crippen molar-refractivity contribution in [2.45, 2.75) is 63.8 Å². The van der Waals surface area contributed by atoms with Crippen LogP contribution in [-0.2, 0) is 28.9 Å². The number of hydrogen-bond donors (Lipinski definition) is 0. The van der Waals surface area contributed by atoms with Gasteiger partial charge < -0.3 is 4.74 Å². The number of thiophene rings is 1. The molecule has 5 nitrogen and oxygen atoms in total. The summed E-state index contributed by atoms with van der Waals surface area (Å²) < 4.78 is 7.51. The molecule has 7 heteroatoms. The van der Waals surface area contributed by atoms with Gasteiger partial charge in [-0.25, -0.2) is 4.98 Å². The summed E-state index contributed by atoms with van der Waals surface area (Å²) in [6.07, 6.45) is 5.21. The maximum atomic E-state index is 13.4. The van der Waals surface area contributed by atoms with Gasteiger partial charge in [-0.1, -0.05) is 18.7 Å². The third-order valence-corrected chi connectivity index (χ3v) is 7.46. The minimum Gasteiger partial charge on any atom is -0.376 e. The molecule has 1 aliphatic heterocycles. The standard InChI is InChI=1S/C19H24N2O3S2/c1-11-5-6-14-15(8-11)26-17-16(14)18(23)21(9-13-4-3-7-24-13)19(20-17)25-10-12(2)22/h11,13H,3-10H2,1-2H3/t11-,13+/m0/s1. The summed E-state index contributed by atoms with van der Waals surface area (Å²) in [7, 11) is 0. The molecule has 2 aromatic heterocycles. The molecule has 0 bridgehead atoms. The third-order valence-electron chi connectivity index (χ3n) is 5.19. The fraction of sp³-hybridized carbons (Fsp3) is 0.632. The lowest BCUT2D eigenvalue weighted by molar-refractivity contribution is -0.114. The summed E-state index contributed by atoms with van der Waals surface area (Å²) in [4.78, 5) is 31.8. The van der Waals surface area contributed by atoms with E-state index in [-0.39, 0.29) is 17.4 Å². The summed E-state index contributed by atoms with van der Waals surface area (Å²) in [5.41, 5.74) is 1.26. The van der Waals surface area contributed by atoms with E-state index in [0.29, 0.717) is 23.4 Å². The predicted octanol–water partition coefficient (Wildman–Crippen LogP) is 3.44. The van der Waals surface area contributed by atoms with Crippen LogP contribution in [0.4, 0.5) is 0 Å². The fourth-order valence-corrected chi connectivity index (χ4v) is 6.07. The molecule has 140 valence electrons. The number of nitrogens with zero attached hydrogens (tertiary/aromatic N) is 2. The first kappa shape index (κ1) is 18.2. The van der Waals surface area contributed by atoms with Crippen LogP contribution in [0.2, 0.25) is 0 Å². The summed E-state index contributed by atoms with van der Waals surface area (Å²) in [5.74, 6) is 1.09. The van der Waals surface area contributed by atoms with Crippen LogP contribution in [0.25, 0.3) is 10.2 Å². The van der Waals surface area contributed by atoms with Gasteiger partial charge in [-0.05, 0) is 50.5 Å². The van der Waals surface area contributed by atoms with Crippen molar-refractivity contribution in [2.75, 3.05) is 12.4 Å². The van der Waals surface area contributed by atoms with Crippen LogP contribution in [0.5, 0.6) is 0 Å². The number of aromatic nitrogens is 2. The molecule has 2 atom stereocenters. The quantitative estimate of drug-likeness (QED) is 0.576. The molecule has 4 rings (SSSR count). The molecule has 0 unspecified atom stereocenters. The minimum atomic E-state index is 0.0450. The zero-order valence-corrected chi connectivity index (χ0v) is 16.9. The van der Waals surface area contributed by atoms with Crippen LogP contribution >= 0.6 is 23.1 Å². The zero-order chi connectivity index (χ0) is 18.3. The number of ether oxygens (including phenoxy) is 1. The number of carbonyl (C=O) groups excluding carboxylic acids is 1. The number of fused-ring (bicyclic) bond motifs is 3. The van der Waals surface area contributed by atoms with Gasteiger partial charge in [0.15, 0.2) is 5.16 Å². The molecule has 0 aromatic carbocycles. The Morgan fingerprint density at radius 2 is 2.27 bits per heavy atom. The van der Waals surface area contributed by atoms with Crippen LogP contribution < -0.4 is 5.56 Å². The van der Waals surface area contributed by atoms with Crippen molar-refractivity contribution in [2.24, 2.45) is 5.92 Å². The molecule has 0 saturated carbocycles. The molecule has 3 heterocycles. The van der Waals surface area contributed by atoms with Crippen molar-refractivity contribution in [3.8, 4) is 0 Å². The first-order chi connectivity index (χ1) is 12.5. The van der Waals surface area contributed by atoms with E-state index >= 15 is 0 Å². The van der Waals surface area contributed by atoms with Crippen molar-refractivity contribution in [3.05, 3.63) is 20.8 Å². The van der Waals surface area contributed by atoms with Crippen molar-refractivity contribution < 1.29 is 9.53 Å². The first-order valence-corrected chi connectivity index (χ1v) is 11.1. The van der Waals surface area contributed by atoms with E-state index in [1.54, 1.807) is 22.8 Å². The van der Waals surface area contributed by atoms with Crippen LogP contribution in [0.1, 0.15) is 43.6 Å². The van der Waals surface area contributed by atoms with E-state index in [1.165, 1.54) is 22.2 Å². The highest BCUT2D eigenvalue weighted by Gasteiger charge is 2.26. The van der Waals surface area contributed by atoms with E-state index in [1.807, 2.05) is 0 Å². The van der Waals surface area contributed by atoms with Gasteiger partial charge in [0, 0.05) is 11.5 Å². The molecule has 1 fully saturated rings. The predicted molar refractivity (Wildman–Crippen MR) is 105 cm³/mol. The summed E-state index contributed by atoms with van der Waals surface area (Å²) in [6.45, 7) is 5.13. The average Bonchev–Trinajstić information content (AvgIpc) is 3.22. The lowest BCUT2D eigenvalue weighted by Crippen LogP contribution is -2.29. The molecule has 26 heavy (non-hydrogen) atoms. The van der Waals surface area contributed by atoms with Crippen LogP contribution in [0, 0.1) is 5.92 Å². The zero-order valence-electron chi connectivity index (χ0n) is 15.2. The number of rotatable bonds is 5. The Labute approximate surface area is 161 Å². The van der Waals surface area contributed by atoms with Crippen molar-refractivity contribution in [1.82, 2.24) is 9.55 Å². The van der Waals surface area contributed by atoms with Gasteiger partial charge in [0.1, 0.15) is 10.6 Å². The van der Waals surface area contributed by atoms with Gasteiger partial charge >= 0.3 is 0 Å². The number of thioether (sulfide) groups is 1. The number of Topliss-reactive ketones (excluding diaryl/α,β-unsaturated/α-hetero) is 1. The molecule has 2 aliphatic rings. The van der Waals surface area contributed by atoms with Crippen molar-refractivity contribution in [1.29, 1.82) is 0 Å². The SMILES string of the molecule is CC(=O)CSc1nc2sc3c(c2c(=O)n1C[C@H]1CCCO1)CC[C@H](C)C3. The monoisotopic (exact) mass is 392 g/mol. The van der Waals surface area contributed by atoms with E-state index < -0.39 is 0 Å². The smallest absolute Gasteiger partial charge is 0.263 e. The third kappa shape index (κ3) is 3.49. The molecule has 0 radical (unpaired) electrons. The highest BCUT2D eigenvalue weighted by Crippen LogP contribution is 2.36. The molecule has 0 N–H and O–H groups in total. The Balaban J connectivity index is 1.81. The number of hydrogen-bond acceptors (Lipinski definition) is 6. The minimum absolute atomic E-state index is 0.0450. The second-order valence-corrected chi connectivity index (χ2v) is 9.49. The van der Waals surface area contributed by atoms with E-state index in [2.05, 4.69) is 6.92 Å². The Morgan fingerprint density at radius 1 is 1.42 bits per heavy atom. The number of aryl methyl sites for hydroxylation is 1. The van der Waals surface area contributed by atoms with Crippen molar-refractivity contribution >= 4 is 39.1 Å².